The van der Waals surface area contributed by atoms with Gasteiger partial charge >= 0.3 is 0 Å². The van der Waals surface area contributed by atoms with Crippen LogP contribution in [-0.2, 0) is 10.5 Å². The van der Waals surface area contributed by atoms with Gasteiger partial charge in [-0.2, -0.15) is 11.8 Å². The molecule has 2 rings (SSSR count). The van der Waals surface area contributed by atoms with Crippen molar-refractivity contribution in [2.45, 2.75) is 36.8 Å². The van der Waals surface area contributed by atoms with Crippen LogP contribution in [0.4, 0.5) is 0 Å². The highest BCUT2D eigenvalue weighted by Gasteiger charge is 2.15. The van der Waals surface area contributed by atoms with Crippen LogP contribution in [0.3, 0.4) is 0 Å². The zero-order chi connectivity index (χ0) is 13.7. The van der Waals surface area contributed by atoms with E-state index in [-0.39, 0.29) is 6.04 Å². The summed E-state index contributed by atoms with van der Waals surface area (Å²) in [6.07, 6.45) is 2.31. The summed E-state index contributed by atoms with van der Waals surface area (Å²) in [5.74, 6) is 1.94. The Balaban J connectivity index is 2.02. The summed E-state index contributed by atoms with van der Waals surface area (Å²) in [5.41, 5.74) is 8.36. The lowest BCUT2D eigenvalue weighted by atomic mass is 10.1. The molecule has 1 saturated heterocycles. The van der Waals surface area contributed by atoms with Crippen LogP contribution in [0.15, 0.2) is 18.2 Å². The topological polar surface area (TPSA) is 44.5 Å². The van der Waals surface area contributed by atoms with Crippen molar-refractivity contribution < 1.29 is 9.47 Å². The minimum absolute atomic E-state index is 0.0673. The van der Waals surface area contributed by atoms with Crippen LogP contribution in [0, 0.1) is 0 Å². The first-order chi connectivity index (χ1) is 9.20. The third-order valence-corrected chi connectivity index (χ3v) is 4.89. The Hall–Kier alpha value is -0.710. The smallest absolute Gasteiger partial charge is 0.122 e. The van der Waals surface area contributed by atoms with E-state index in [1.807, 2.05) is 30.8 Å². The molecule has 3 nitrogen and oxygen atoms in total. The van der Waals surface area contributed by atoms with Crippen LogP contribution in [-0.4, -0.2) is 25.6 Å². The molecule has 0 radical (unpaired) electrons. The van der Waals surface area contributed by atoms with E-state index < -0.39 is 0 Å². The molecule has 0 bridgehead atoms. The summed E-state index contributed by atoms with van der Waals surface area (Å²) in [4.78, 5) is 0. The molecular weight excluding hydrogens is 258 g/mol. The number of hydrogen-bond acceptors (Lipinski definition) is 4. The van der Waals surface area contributed by atoms with Crippen molar-refractivity contribution in [3.05, 3.63) is 29.3 Å². The number of methoxy groups -OCH3 is 1. The molecule has 19 heavy (non-hydrogen) atoms. The van der Waals surface area contributed by atoms with Gasteiger partial charge in [-0.1, -0.05) is 6.07 Å². The van der Waals surface area contributed by atoms with Crippen LogP contribution < -0.4 is 10.5 Å². The van der Waals surface area contributed by atoms with Crippen molar-refractivity contribution in [1.82, 2.24) is 0 Å². The summed E-state index contributed by atoms with van der Waals surface area (Å²) >= 11 is 2.00. The highest BCUT2D eigenvalue weighted by Crippen LogP contribution is 2.31. The molecule has 4 heteroatoms. The molecule has 106 valence electrons. The first kappa shape index (κ1) is 14.7. The highest BCUT2D eigenvalue weighted by atomic mass is 32.2. The van der Waals surface area contributed by atoms with E-state index in [1.165, 1.54) is 11.1 Å². The zero-order valence-corrected chi connectivity index (χ0v) is 12.5. The number of ether oxygens (including phenoxy) is 2. The Labute approximate surface area is 119 Å². The summed E-state index contributed by atoms with van der Waals surface area (Å²) in [5, 5.41) is 0.706. The Kier molecular flexibility index (Phi) is 5.55. The molecule has 1 aromatic rings. The summed E-state index contributed by atoms with van der Waals surface area (Å²) in [7, 11) is 1.73. The molecule has 1 unspecified atom stereocenters. The summed E-state index contributed by atoms with van der Waals surface area (Å²) in [6.45, 7) is 3.81. The molecule has 1 atom stereocenters. The monoisotopic (exact) mass is 281 g/mol. The predicted octanol–water partition coefficient (Wildman–Crippen LogP) is 3.13. The van der Waals surface area contributed by atoms with Crippen LogP contribution >= 0.6 is 11.8 Å². The van der Waals surface area contributed by atoms with Gasteiger partial charge in [0.1, 0.15) is 5.75 Å². The normalized spacial score (nSPS) is 18.3. The molecule has 0 amide bonds. The van der Waals surface area contributed by atoms with Gasteiger partial charge in [-0.25, -0.2) is 0 Å². The Morgan fingerprint density at radius 3 is 2.79 bits per heavy atom. The number of thioether (sulfide) groups is 1. The van der Waals surface area contributed by atoms with Gasteiger partial charge < -0.3 is 15.2 Å². The molecule has 1 aliphatic rings. The molecule has 1 aromatic carbocycles. The molecular formula is C15H23NO2S. The molecule has 0 spiro atoms. The molecule has 1 aliphatic heterocycles. The third-order valence-electron chi connectivity index (χ3n) is 3.47. The molecule has 2 N–H and O–H groups in total. The maximum absolute atomic E-state index is 5.95. The molecule has 0 aromatic heterocycles. The predicted molar refractivity (Wildman–Crippen MR) is 80.7 cm³/mol. The molecule has 0 aliphatic carbocycles. The van der Waals surface area contributed by atoms with E-state index in [9.17, 15) is 0 Å². The second-order valence-corrected chi connectivity index (χ2v) is 6.27. The minimum Gasteiger partial charge on any atom is -0.496 e. The van der Waals surface area contributed by atoms with Gasteiger partial charge in [0.15, 0.2) is 0 Å². The summed E-state index contributed by atoms with van der Waals surface area (Å²) < 4.78 is 10.8. The van der Waals surface area contributed by atoms with Gasteiger partial charge in [-0.05, 0) is 37.5 Å². The van der Waals surface area contributed by atoms with Crippen LogP contribution in [0.1, 0.15) is 36.9 Å². The maximum Gasteiger partial charge on any atom is 0.122 e. The second kappa shape index (κ2) is 7.17. The quantitative estimate of drug-likeness (QED) is 0.900. The largest absolute Gasteiger partial charge is 0.496 e. The van der Waals surface area contributed by atoms with Crippen molar-refractivity contribution in [3.63, 3.8) is 0 Å². The average Bonchev–Trinajstić information content (AvgIpc) is 2.45. The number of nitrogens with two attached hydrogens (primary N) is 1. The van der Waals surface area contributed by atoms with E-state index in [1.54, 1.807) is 7.11 Å². The zero-order valence-electron chi connectivity index (χ0n) is 11.7. The average molecular weight is 281 g/mol. The van der Waals surface area contributed by atoms with E-state index in [0.29, 0.717) is 5.25 Å². The van der Waals surface area contributed by atoms with E-state index in [0.717, 1.165) is 37.6 Å². The molecule has 1 fully saturated rings. The van der Waals surface area contributed by atoms with Crippen molar-refractivity contribution in [3.8, 4) is 5.75 Å². The van der Waals surface area contributed by atoms with Crippen molar-refractivity contribution >= 4 is 11.8 Å². The number of benzene rings is 1. The number of rotatable bonds is 5. The molecule has 0 saturated carbocycles. The van der Waals surface area contributed by atoms with E-state index in [2.05, 4.69) is 6.07 Å². The van der Waals surface area contributed by atoms with Gasteiger partial charge in [-0.15, -0.1) is 0 Å². The Bertz CT molecular complexity index is 403. The SMILES string of the molecule is COc1ccc(C(C)N)cc1CSC1CCOCC1. The summed E-state index contributed by atoms with van der Waals surface area (Å²) in [6, 6.07) is 6.32. The Morgan fingerprint density at radius 2 is 2.16 bits per heavy atom. The fraction of sp³-hybridized carbons (Fsp3) is 0.600. The first-order valence-electron chi connectivity index (χ1n) is 6.82. The van der Waals surface area contributed by atoms with Crippen LogP contribution in [0.25, 0.3) is 0 Å². The van der Waals surface area contributed by atoms with Crippen molar-refractivity contribution in [1.29, 1.82) is 0 Å². The van der Waals surface area contributed by atoms with Crippen LogP contribution in [0.5, 0.6) is 5.75 Å². The van der Waals surface area contributed by atoms with Gasteiger partial charge in [0.2, 0.25) is 0 Å². The van der Waals surface area contributed by atoms with Crippen molar-refractivity contribution in [2.75, 3.05) is 20.3 Å². The van der Waals surface area contributed by atoms with E-state index >= 15 is 0 Å². The lowest BCUT2D eigenvalue weighted by Crippen LogP contribution is -2.17. The van der Waals surface area contributed by atoms with Crippen LogP contribution in [0.2, 0.25) is 0 Å². The maximum atomic E-state index is 5.95. The van der Waals surface area contributed by atoms with E-state index in [4.69, 9.17) is 15.2 Å². The van der Waals surface area contributed by atoms with Crippen molar-refractivity contribution in [2.24, 2.45) is 5.73 Å². The molecule has 1 heterocycles. The third kappa shape index (κ3) is 4.13. The standard InChI is InChI=1S/C15H23NO2S/c1-11(16)12-3-4-15(17-2)13(9-12)10-19-14-5-7-18-8-6-14/h3-4,9,11,14H,5-8,10,16H2,1-2H3. The number of hydrogen-bond donors (Lipinski definition) is 1. The second-order valence-electron chi connectivity index (χ2n) is 4.98. The fourth-order valence-electron chi connectivity index (χ4n) is 2.24. The lowest BCUT2D eigenvalue weighted by Gasteiger charge is -2.22. The lowest BCUT2D eigenvalue weighted by molar-refractivity contribution is 0.1000. The van der Waals surface area contributed by atoms with Gasteiger partial charge in [0.05, 0.1) is 7.11 Å². The van der Waals surface area contributed by atoms with Gasteiger partial charge in [0.25, 0.3) is 0 Å². The van der Waals surface area contributed by atoms with Gasteiger partial charge in [0, 0.05) is 35.8 Å². The highest BCUT2D eigenvalue weighted by molar-refractivity contribution is 7.99. The fourth-order valence-corrected chi connectivity index (χ4v) is 3.41. The first-order valence-corrected chi connectivity index (χ1v) is 7.87. The van der Waals surface area contributed by atoms with Gasteiger partial charge in [-0.3, -0.25) is 0 Å². The Morgan fingerprint density at radius 1 is 1.42 bits per heavy atom. The minimum atomic E-state index is 0.0673.